The Hall–Kier alpha value is -1.42. The maximum Gasteiger partial charge on any atom is 0.191 e. The van der Waals surface area contributed by atoms with Crippen molar-refractivity contribution in [1.29, 1.82) is 0 Å². The van der Waals surface area contributed by atoms with Gasteiger partial charge in [0, 0.05) is 38.9 Å². The van der Waals surface area contributed by atoms with Crippen LogP contribution in [0, 0.1) is 5.41 Å². The van der Waals surface area contributed by atoms with E-state index in [1.165, 1.54) is 25.7 Å². The van der Waals surface area contributed by atoms with Crippen LogP contribution >= 0.6 is 24.0 Å². The Morgan fingerprint density at radius 2 is 1.67 bits per heavy atom. The fourth-order valence-corrected chi connectivity index (χ4v) is 3.99. The van der Waals surface area contributed by atoms with Crippen molar-refractivity contribution < 1.29 is 18.9 Å². The maximum atomic E-state index is 5.62. The van der Waals surface area contributed by atoms with Gasteiger partial charge in [-0.15, -0.1) is 24.0 Å². The molecule has 0 aromatic heterocycles. The summed E-state index contributed by atoms with van der Waals surface area (Å²) in [7, 11) is 6.71. The smallest absolute Gasteiger partial charge is 0.191 e. The first-order valence-corrected chi connectivity index (χ1v) is 10.4. The molecule has 7 nitrogen and oxygen atoms in total. The average molecular weight is 535 g/mol. The van der Waals surface area contributed by atoms with Crippen LogP contribution in [-0.2, 0) is 11.3 Å². The number of benzene rings is 1. The van der Waals surface area contributed by atoms with Crippen molar-refractivity contribution in [2.45, 2.75) is 45.6 Å². The Labute approximate surface area is 198 Å². The van der Waals surface area contributed by atoms with Gasteiger partial charge in [-0.25, -0.2) is 0 Å². The lowest BCUT2D eigenvalue weighted by atomic mass is 9.83. The predicted octanol–water partition coefficient (Wildman–Crippen LogP) is 3.98. The third-order valence-corrected chi connectivity index (χ3v) is 5.75. The fraction of sp³-hybridized carbons (Fsp3) is 0.682. The van der Waals surface area contributed by atoms with Gasteiger partial charge >= 0.3 is 0 Å². The van der Waals surface area contributed by atoms with E-state index in [9.17, 15) is 0 Å². The van der Waals surface area contributed by atoms with Crippen molar-refractivity contribution in [2.24, 2.45) is 10.4 Å². The fourth-order valence-electron chi connectivity index (χ4n) is 3.99. The molecule has 0 aliphatic heterocycles. The Balaban J connectivity index is 0.00000450. The molecule has 1 aromatic rings. The lowest BCUT2D eigenvalue weighted by molar-refractivity contribution is 0.105. The average Bonchev–Trinajstić information content (AvgIpc) is 3.22. The van der Waals surface area contributed by atoms with E-state index in [1.807, 2.05) is 19.1 Å². The third-order valence-electron chi connectivity index (χ3n) is 5.75. The quantitative estimate of drug-likeness (QED) is 0.193. The number of hydrogen-bond acceptors (Lipinski definition) is 5. The number of hydrogen-bond donors (Lipinski definition) is 2. The van der Waals surface area contributed by atoms with Crippen LogP contribution in [0.1, 0.15) is 44.6 Å². The number of methoxy groups -OCH3 is 3. The lowest BCUT2D eigenvalue weighted by Crippen LogP contribution is -2.43. The summed E-state index contributed by atoms with van der Waals surface area (Å²) in [5, 5.41) is 6.91. The third kappa shape index (κ3) is 7.37. The maximum absolute atomic E-state index is 5.62. The summed E-state index contributed by atoms with van der Waals surface area (Å²) in [5.74, 6) is 2.90. The van der Waals surface area contributed by atoms with Crippen molar-refractivity contribution in [1.82, 2.24) is 10.6 Å². The highest BCUT2D eigenvalue weighted by Gasteiger charge is 2.33. The summed E-state index contributed by atoms with van der Waals surface area (Å²) in [4.78, 5) is 4.39. The number of guanidine groups is 1. The second-order valence-electron chi connectivity index (χ2n) is 7.44. The molecule has 8 heteroatoms. The number of aliphatic imine (C=N–C) groups is 1. The molecule has 0 radical (unpaired) electrons. The van der Waals surface area contributed by atoms with Gasteiger partial charge in [0.05, 0.1) is 33.4 Å². The topological polar surface area (TPSA) is 73.3 Å². The van der Waals surface area contributed by atoms with Gasteiger partial charge in [0.25, 0.3) is 0 Å². The number of nitrogens with zero attached hydrogens (tertiary/aromatic N) is 1. The van der Waals surface area contributed by atoms with Crippen LogP contribution in [0.3, 0.4) is 0 Å². The Morgan fingerprint density at radius 3 is 2.17 bits per heavy atom. The van der Waals surface area contributed by atoms with Gasteiger partial charge in [-0.2, -0.15) is 0 Å². The molecule has 1 aliphatic rings. The number of nitrogens with one attached hydrogen (secondary N) is 2. The van der Waals surface area contributed by atoms with Crippen LogP contribution in [0.5, 0.6) is 17.2 Å². The highest BCUT2D eigenvalue weighted by molar-refractivity contribution is 14.0. The monoisotopic (exact) mass is 535 g/mol. The van der Waals surface area contributed by atoms with Crippen molar-refractivity contribution in [3.8, 4) is 17.2 Å². The second kappa shape index (κ2) is 13.8. The predicted molar refractivity (Wildman–Crippen MR) is 132 cm³/mol. The SMILES string of the molecule is CCOCCC1(CNC(=NC)NCc2c(OC)cc(OC)cc2OC)CCCC1.I. The molecule has 0 spiro atoms. The van der Waals surface area contributed by atoms with E-state index in [0.717, 1.165) is 37.7 Å². The van der Waals surface area contributed by atoms with Crippen LogP contribution in [0.2, 0.25) is 0 Å². The van der Waals surface area contributed by atoms with Crippen molar-refractivity contribution in [2.75, 3.05) is 48.1 Å². The van der Waals surface area contributed by atoms with E-state index < -0.39 is 0 Å². The lowest BCUT2D eigenvalue weighted by Gasteiger charge is -2.30. The first-order chi connectivity index (χ1) is 14.1. The van der Waals surface area contributed by atoms with Gasteiger partial charge in [0.1, 0.15) is 17.2 Å². The minimum Gasteiger partial charge on any atom is -0.496 e. The van der Waals surface area contributed by atoms with Crippen LogP contribution in [-0.4, -0.2) is 54.1 Å². The van der Waals surface area contributed by atoms with E-state index in [1.54, 1.807) is 28.4 Å². The Kier molecular flexibility index (Phi) is 12.2. The molecule has 0 bridgehead atoms. The summed E-state index contributed by atoms with van der Waals surface area (Å²) >= 11 is 0. The summed E-state index contributed by atoms with van der Waals surface area (Å²) in [5.41, 5.74) is 1.22. The highest BCUT2D eigenvalue weighted by atomic mass is 127. The van der Waals surface area contributed by atoms with E-state index >= 15 is 0 Å². The molecule has 1 fully saturated rings. The van der Waals surface area contributed by atoms with Crippen LogP contribution < -0.4 is 24.8 Å². The number of ether oxygens (including phenoxy) is 4. The standard InChI is InChI=1S/C22H37N3O4.HI/c1-6-29-12-11-22(9-7-8-10-22)16-25-21(23-2)24-15-18-19(27-4)13-17(26-3)14-20(18)28-5;/h13-14H,6-12,15-16H2,1-5H3,(H2,23,24,25);1H. The highest BCUT2D eigenvalue weighted by Crippen LogP contribution is 2.40. The second-order valence-corrected chi connectivity index (χ2v) is 7.44. The van der Waals surface area contributed by atoms with Crippen molar-refractivity contribution in [3.05, 3.63) is 17.7 Å². The molecule has 0 unspecified atom stereocenters. The van der Waals surface area contributed by atoms with Gasteiger partial charge < -0.3 is 29.6 Å². The summed E-state index contributed by atoms with van der Waals surface area (Å²) in [6.07, 6.45) is 6.15. The molecule has 1 aliphatic carbocycles. The molecule has 0 saturated heterocycles. The molecular formula is C22H38IN3O4. The molecule has 1 aromatic carbocycles. The van der Waals surface area contributed by atoms with E-state index in [2.05, 4.69) is 15.6 Å². The zero-order valence-corrected chi connectivity index (χ0v) is 21.3. The van der Waals surface area contributed by atoms with Crippen LogP contribution in [0.15, 0.2) is 17.1 Å². The van der Waals surface area contributed by atoms with Crippen molar-refractivity contribution >= 4 is 29.9 Å². The minimum absolute atomic E-state index is 0. The molecule has 0 atom stereocenters. The molecule has 172 valence electrons. The van der Waals surface area contributed by atoms with Gasteiger partial charge in [-0.1, -0.05) is 12.8 Å². The molecule has 2 N–H and O–H groups in total. The zero-order chi connectivity index (χ0) is 21.1. The molecule has 1 saturated carbocycles. The van der Waals surface area contributed by atoms with Gasteiger partial charge in [0.15, 0.2) is 5.96 Å². The first kappa shape index (κ1) is 26.6. The first-order valence-electron chi connectivity index (χ1n) is 10.4. The largest absolute Gasteiger partial charge is 0.496 e. The summed E-state index contributed by atoms with van der Waals surface area (Å²) in [6.45, 7) is 5.08. The van der Waals surface area contributed by atoms with Crippen molar-refractivity contribution in [3.63, 3.8) is 0 Å². The molecule has 0 heterocycles. The molecule has 0 amide bonds. The minimum atomic E-state index is 0. The van der Waals surface area contributed by atoms with Gasteiger partial charge in [-0.05, 0) is 31.6 Å². The van der Waals surface area contributed by atoms with E-state index in [-0.39, 0.29) is 24.0 Å². The summed E-state index contributed by atoms with van der Waals surface area (Å²) < 4.78 is 22.0. The Morgan fingerprint density at radius 1 is 1.03 bits per heavy atom. The Bertz CT molecular complexity index is 639. The van der Waals surface area contributed by atoms with E-state index in [0.29, 0.717) is 29.2 Å². The number of rotatable bonds is 11. The zero-order valence-electron chi connectivity index (χ0n) is 19.0. The van der Waals surface area contributed by atoms with Crippen LogP contribution in [0.25, 0.3) is 0 Å². The summed E-state index contributed by atoms with van der Waals surface area (Å²) in [6, 6.07) is 3.72. The van der Waals surface area contributed by atoms with E-state index in [4.69, 9.17) is 18.9 Å². The number of halogens is 1. The normalized spacial score (nSPS) is 15.3. The van der Waals surface area contributed by atoms with Gasteiger partial charge in [0.2, 0.25) is 0 Å². The van der Waals surface area contributed by atoms with Crippen LogP contribution in [0.4, 0.5) is 0 Å². The molecule has 2 rings (SSSR count). The van der Waals surface area contributed by atoms with Gasteiger partial charge in [-0.3, -0.25) is 4.99 Å². The molecule has 30 heavy (non-hydrogen) atoms. The molecular weight excluding hydrogens is 497 g/mol.